The van der Waals surface area contributed by atoms with Crippen molar-refractivity contribution < 1.29 is 4.39 Å². The maximum Gasteiger partial charge on any atom is 0.176 e. The molecule has 0 saturated heterocycles. The van der Waals surface area contributed by atoms with Gasteiger partial charge in [-0.1, -0.05) is 39.2 Å². The molecular weight excluding hydrogens is 485 g/mol. The normalized spacial score (nSPS) is 11.9. The van der Waals surface area contributed by atoms with Crippen LogP contribution in [-0.2, 0) is 0 Å². The molecule has 0 aliphatic heterocycles. The molecule has 7 nitrogen and oxygen atoms in total. The largest absolute Gasteiger partial charge is 0.358 e. The summed E-state index contributed by atoms with van der Waals surface area (Å²) < 4.78 is 13.8. The molecular formula is C28H26FN7S. The van der Waals surface area contributed by atoms with Crippen molar-refractivity contribution in [2.45, 2.75) is 20.8 Å². The Morgan fingerprint density at radius 1 is 1.19 bits per heavy atom. The van der Waals surface area contributed by atoms with Crippen LogP contribution in [0.15, 0.2) is 73.9 Å². The van der Waals surface area contributed by atoms with E-state index in [0.29, 0.717) is 17.4 Å². The average Bonchev–Trinajstić information content (AvgIpc) is 3.60. The van der Waals surface area contributed by atoms with Crippen LogP contribution in [0.25, 0.3) is 39.3 Å². The minimum atomic E-state index is -0.251. The molecule has 5 aromatic heterocycles. The van der Waals surface area contributed by atoms with Gasteiger partial charge in [-0.3, -0.25) is 15.1 Å². The highest BCUT2D eigenvalue weighted by Crippen LogP contribution is 2.33. The Kier molecular flexibility index (Phi) is 6.54. The lowest BCUT2D eigenvalue weighted by atomic mass is 10.1. The summed E-state index contributed by atoms with van der Waals surface area (Å²) in [5, 5.41) is 11.5. The summed E-state index contributed by atoms with van der Waals surface area (Å²) in [4.78, 5) is 18.0. The summed E-state index contributed by atoms with van der Waals surface area (Å²) in [6, 6.07) is 7.17. The zero-order valence-electron chi connectivity index (χ0n) is 20.8. The van der Waals surface area contributed by atoms with Crippen LogP contribution in [-0.4, -0.2) is 30.1 Å². The molecule has 0 bridgehead atoms. The second kappa shape index (κ2) is 9.94. The Bertz CT molecular complexity index is 1650. The number of thiophene rings is 1. The number of aryl methyl sites for hydroxylation is 1. The van der Waals surface area contributed by atoms with Crippen molar-refractivity contribution in [2.24, 2.45) is 5.92 Å². The molecule has 3 N–H and O–H groups in total. The average molecular weight is 512 g/mol. The first kappa shape index (κ1) is 24.3. The van der Waals surface area contributed by atoms with Gasteiger partial charge >= 0.3 is 0 Å². The fraction of sp³-hybridized carbons (Fsp3) is 0.143. The number of rotatable bonds is 8. The van der Waals surface area contributed by atoms with Crippen molar-refractivity contribution >= 4 is 33.5 Å². The molecule has 0 spiro atoms. The van der Waals surface area contributed by atoms with E-state index >= 15 is 0 Å². The number of aromatic amines is 2. The van der Waals surface area contributed by atoms with Crippen molar-refractivity contribution in [3.63, 3.8) is 0 Å². The lowest BCUT2D eigenvalue weighted by Gasteiger charge is -2.13. The quantitative estimate of drug-likeness (QED) is 0.193. The highest BCUT2D eigenvalue weighted by Gasteiger charge is 2.19. The molecule has 0 aliphatic rings. The fourth-order valence-electron chi connectivity index (χ4n) is 3.92. The summed E-state index contributed by atoms with van der Waals surface area (Å²) >= 11 is 1.07. The zero-order valence-corrected chi connectivity index (χ0v) is 21.6. The minimum Gasteiger partial charge on any atom is -0.358 e. The zero-order chi connectivity index (χ0) is 26.1. The molecule has 37 heavy (non-hydrogen) atoms. The van der Waals surface area contributed by atoms with E-state index < -0.39 is 0 Å². The van der Waals surface area contributed by atoms with E-state index in [1.807, 2.05) is 25.1 Å². The highest BCUT2D eigenvalue weighted by atomic mass is 32.1. The summed E-state index contributed by atoms with van der Waals surface area (Å²) in [6.45, 7) is 14.0. The Labute approximate surface area is 217 Å². The number of pyridine rings is 2. The second-order valence-corrected chi connectivity index (χ2v) is 9.97. The van der Waals surface area contributed by atoms with Crippen molar-refractivity contribution in [1.29, 1.82) is 0 Å². The predicted molar refractivity (Wildman–Crippen MR) is 149 cm³/mol. The van der Waals surface area contributed by atoms with Gasteiger partial charge in [-0.2, -0.15) is 9.49 Å². The van der Waals surface area contributed by atoms with E-state index in [9.17, 15) is 4.39 Å². The smallest absolute Gasteiger partial charge is 0.176 e. The van der Waals surface area contributed by atoms with Gasteiger partial charge in [0.1, 0.15) is 5.69 Å². The molecule has 186 valence electrons. The highest BCUT2D eigenvalue weighted by molar-refractivity contribution is 7.11. The third kappa shape index (κ3) is 4.85. The second-order valence-electron chi connectivity index (χ2n) is 8.93. The summed E-state index contributed by atoms with van der Waals surface area (Å²) in [5.74, 6) is 0.901. The third-order valence-corrected chi connectivity index (χ3v) is 6.88. The van der Waals surface area contributed by atoms with Crippen molar-refractivity contribution in [1.82, 2.24) is 30.1 Å². The number of allylic oxidation sites excluding steroid dienone is 3. The molecule has 0 unspecified atom stereocenters. The molecule has 0 saturated carbocycles. The topological polar surface area (TPSA) is 95.2 Å². The number of fused-ring (bicyclic) bond motifs is 1. The van der Waals surface area contributed by atoms with E-state index in [-0.39, 0.29) is 5.13 Å². The monoisotopic (exact) mass is 511 g/mol. The van der Waals surface area contributed by atoms with Crippen LogP contribution in [0.1, 0.15) is 30.1 Å². The van der Waals surface area contributed by atoms with Crippen LogP contribution < -0.4 is 5.32 Å². The lowest BCUT2D eigenvalue weighted by molar-refractivity contribution is 0.657. The van der Waals surface area contributed by atoms with Crippen molar-refractivity contribution in [3.8, 4) is 22.8 Å². The van der Waals surface area contributed by atoms with Gasteiger partial charge in [0, 0.05) is 39.0 Å². The van der Waals surface area contributed by atoms with Gasteiger partial charge < -0.3 is 10.3 Å². The number of anilines is 1. The van der Waals surface area contributed by atoms with E-state index in [4.69, 9.17) is 4.98 Å². The number of hydrogen-bond acceptors (Lipinski definition) is 6. The number of nitrogens with one attached hydrogen (secondary N) is 3. The maximum absolute atomic E-state index is 13.8. The van der Waals surface area contributed by atoms with Gasteiger partial charge in [-0.05, 0) is 37.1 Å². The van der Waals surface area contributed by atoms with E-state index in [2.05, 4.69) is 57.5 Å². The molecule has 5 rings (SSSR count). The molecule has 0 atom stereocenters. The van der Waals surface area contributed by atoms with E-state index in [1.165, 1.54) is 6.07 Å². The summed E-state index contributed by atoms with van der Waals surface area (Å²) in [5.41, 5.74) is 7.19. The van der Waals surface area contributed by atoms with Gasteiger partial charge in [0.2, 0.25) is 0 Å². The predicted octanol–water partition coefficient (Wildman–Crippen LogP) is 7.12. The van der Waals surface area contributed by atoms with Crippen LogP contribution in [0.4, 0.5) is 10.1 Å². The minimum absolute atomic E-state index is 0.251. The molecule has 0 aliphatic carbocycles. The number of aromatic nitrogens is 6. The first-order valence-corrected chi connectivity index (χ1v) is 12.6. The molecule has 0 aromatic carbocycles. The Balaban J connectivity index is 1.53. The van der Waals surface area contributed by atoms with Crippen LogP contribution in [0.2, 0.25) is 0 Å². The first-order valence-electron chi connectivity index (χ1n) is 11.7. The molecule has 9 heteroatoms. The molecule has 0 amide bonds. The Morgan fingerprint density at radius 2 is 2.03 bits per heavy atom. The summed E-state index contributed by atoms with van der Waals surface area (Å²) in [7, 11) is 0. The van der Waals surface area contributed by atoms with Gasteiger partial charge in [-0.15, -0.1) is 11.3 Å². The Hall–Kier alpha value is -4.37. The number of nitrogens with zero attached hydrogens (tertiary/aromatic N) is 4. The van der Waals surface area contributed by atoms with Crippen molar-refractivity contribution in [3.05, 3.63) is 95.3 Å². The van der Waals surface area contributed by atoms with E-state index in [1.54, 1.807) is 30.7 Å². The first-order chi connectivity index (χ1) is 17.8. The number of halogens is 1. The van der Waals surface area contributed by atoms with Crippen LogP contribution in [0.3, 0.4) is 0 Å². The standard InChI is InChI=1S/C28H26FN7S/c1-6-7-20(24-8-9-25(29)37-24)26-17(5)33-28(34-26)27-21-11-22(31-14-23(21)35-36-27)18-10-19(13-30-12-18)32-16(4)15(2)3/h6-15,32H,1,4H2,2-3,5H3,(H,33,34)(H,35,36)/b20-7-. The molecule has 5 heterocycles. The third-order valence-electron chi connectivity index (χ3n) is 5.97. The van der Waals surface area contributed by atoms with Gasteiger partial charge in [0.25, 0.3) is 0 Å². The maximum atomic E-state index is 13.8. The van der Waals surface area contributed by atoms with Crippen LogP contribution in [0.5, 0.6) is 0 Å². The van der Waals surface area contributed by atoms with Gasteiger partial charge in [0.15, 0.2) is 11.0 Å². The van der Waals surface area contributed by atoms with Crippen LogP contribution >= 0.6 is 11.3 Å². The summed E-state index contributed by atoms with van der Waals surface area (Å²) in [6.07, 6.45) is 8.81. The van der Waals surface area contributed by atoms with E-state index in [0.717, 1.165) is 66.7 Å². The fourth-order valence-corrected chi connectivity index (χ4v) is 4.68. The molecule has 0 fully saturated rings. The molecule has 5 aromatic rings. The van der Waals surface area contributed by atoms with Gasteiger partial charge in [0.05, 0.1) is 35.0 Å². The van der Waals surface area contributed by atoms with Crippen molar-refractivity contribution in [2.75, 3.05) is 5.32 Å². The SMILES string of the molecule is C=C/C=C(/c1ccc(F)s1)c1nc(-c2n[nH]c3cnc(-c4cncc(NC(=C)C(C)C)c4)cc23)[nH]c1C. The van der Waals surface area contributed by atoms with Crippen LogP contribution in [0, 0.1) is 18.0 Å². The number of imidazole rings is 1. The lowest BCUT2D eigenvalue weighted by Crippen LogP contribution is -2.04. The Morgan fingerprint density at radius 3 is 2.76 bits per heavy atom. The number of H-pyrrole nitrogens is 2. The molecule has 0 radical (unpaired) electrons. The van der Waals surface area contributed by atoms with Gasteiger partial charge in [-0.25, -0.2) is 4.98 Å². The number of hydrogen-bond donors (Lipinski definition) is 3.